The van der Waals surface area contributed by atoms with Gasteiger partial charge in [-0.15, -0.1) is 0 Å². The molecule has 4 nitrogen and oxygen atoms in total. The maximum atomic E-state index is 11.4. The van der Waals surface area contributed by atoms with Crippen LogP contribution in [0.3, 0.4) is 0 Å². The number of hydrogen-bond acceptors (Lipinski definition) is 2. The molecule has 1 fully saturated rings. The molecule has 4 heteroatoms. The molecule has 0 spiro atoms. The zero-order valence-electron chi connectivity index (χ0n) is 7.80. The van der Waals surface area contributed by atoms with Crippen LogP contribution in [-0.4, -0.2) is 15.6 Å². The van der Waals surface area contributed by atoms with Crippen LogP contribution in [-0.2, 0) is 0 Å². The van der Waals surface area contributed by atoms with Gasteiger partial charge < -0.3 is 9.67 Å². The van der Waals surface area contributed by atoms with Gasteiger partial charge >= 0.3 is 5.97 Å². The number of carbonyl (C=O) groups is 1. The van der Waals surface area contributed by atoms with Crippen molar-refractivity contribution in [2.75, 3.05) is 0 Å². The average Bonchev–Trinajstić information content (AvgIpc) is 2.83. The number of rotatable bonds is 2. The zero-order chi connectivity index (χ0) is 10.3. The third-order valence-corrected chi connectivity index (χ3v) is 2.61. The van der Waals surface area contributed by atoms with E-state index in [4.69, 9.17) is 5.11 Å². The number of nitrogens with zero attached hydrogens (tertiary/aromatic N) is 1. The Morgan fingerprint density at radius 1 is 1.57 bits per heavy atom. The topological polar surface area (TPSA) is 59.3 Å². The largest absolute Gasteiger partial charge is 0.478 e. The van der Waals surface area contributed by atoms with Crippen LogP contribution in [0.15, 0.2) is 23.1 Å². The summed E-state index contributed by atoms with van der Waals surface area (Å²) in [4.78, 5) is 22.1. The monoisotopic (exact) mass is 193 g/mol. The number of carboxylic acid groups (broad SMARTS) is 1. The molecular formula is C10H11NO3. The molecule has 1 aromatic heterocycles. The van der Waals surface area contributed by atoms with Gasteiger partial charge in [0, 0.05) is 18.3 Å². The molecule has 0 amide bonds. The first-order chi connectivity index (χ1) is 6.59. The minimum atomic E-state index is -0.993. The normalized spacial score (nSPS) is 24.6. The van der Waals surface area contributed by atoms with Gasteiger partial charge in [-0.1, -0.05) is 6.92 Å². The first-order valence-electron chi connectivity index (χ1n) is 4.55. The van der Waals surface area contributed by atoms with Gasteiger partial charge in [-0.25, -0.2) is 4.79 Å². The van der Waals surface area contributed by atoms with Crippen LogP contribution in [0.25, 0.3) is 0 Å². The number of carboxylic acids is 1. The lowest BCUT2D eigenvalue weighted by atomic mass is 10.3. The van der Waals surface area contributed by atoms with Crippen LogP contribution < -0.4 is 5.56 Å². The minimum absolute atomic E-state index is 0.121. The summed E-state index contributed by atoms with van der Waals surface area (Å²) in [5.74, 6) is -0.510. The highest BCUT2D eigenvalue weighted by molar-refractivity contribution is 5.87. The quantitative estimate of drug-likeness (QED) is 0.765. The SMILES string of the molecule is CC1CC1n1cc(C(=O)O)ccc1=O. The molecule has 1 aliphatic rings. The molecule has 1 saturated carbocycles. The lowest BCUT2D eigenvalue weighted by Crippen LogP contribution is -2.19. The van der Waals surface area contributed by atoms with E-state index in [1.165, 1.54) is 22.9 Å². The fourth-order valence-corrected chi connectivity index (χ4v) is 1.58. The van der Waals surface area contributed by atoms with E-state index in [0.29, 0.717) is 5.92 Å². The summed E-state index contributed by atoms with van der Waals surface area (Å²) >= 11 is 0. The number of hydrogen-bond donors (Lipinski definition) is 1. The number of aromatic nitrogens is 1. The van der Waals surface area contributed by atoms with Crippen molar-refractivity contribution in [3.63, 3.8) is 0 Å². The van der Waals surface area contributed by atoms with Crippen molar-refractivity contribution in [3.8, 4) is 0 Å². The Balaban J connectivity index is 2.43. The molecule has 0 aliphatic heterocycles. The van der Waals surface area contributed by atoms with Crippen LogP contribution in [0.2, 0.25) is 0 Å². The van der Waals surface area contributed by atoms with Crippen molar-refractivity contribution in [2.45, 2.75) is 19.4 Å². The van der Waals surface area contributed by atoms with E-state index in [-0.39, 0.29) is 17.2 Å². The molecule has 0 saturated heterocycles. The maximum Gasteiger partial charge on any atom is 0.337 e. The van der Waals surface area contributed by atoms with Gasteiger partial charge in [0.1, 0.15) is 0 Å². The smallest absolute Gasteiger partial charge is 0.337 e. The van der Waals surface area contributed by atoms with Crippen LogP contribution >= 0.6 is 0 Å². The van der Waals surface area contributed by atoms with Crippen LogP contribution in [0, 0.1) is 5.92 Å². The summed E-state index contributed by atoms with van der Waals surface area (Å²) in [5, 5.41) is 8.75. The van der Waals surface area contributed by atoms with Gasteiger partial charge in [0.25, 0.3) is 5.56 Å². The highest BCUT2D eigenvalue weighted by Crippen LogP contribution is 2.41. The van der Waals surface area contributed by atoms with Crippen molar-refractivity contribution >= 4 is 5.97 Å². The van der Waals surface area contributed by atoms with Gasteiger partial charge in [0.15, 0.2) is 0 Å². The molecule has 1 aliphatic carbocycles. The first kappa shape index (κ1) is 8.99. The molecule has 0 radical (unpaired) electrons. The lowest BCUT2D eigenvalue weighted by molar-refractivity contribution is 0.0696. The average molecular weight is 193 g/mol. The first-order valence-corrected chi connectivity index (χ1v) is 4.55. The standard InChI is InChI=1S/C10H11NO3/c1-6-4-8(6)11-5-7(10(13)14)2-3-9(11)12/h2-3,5-6,8H,4H2,1H3,(H,13,14). The van der Waals surface area contributed by atoms with Crippen molar-refractivity contribution < 1.29 is 9.90 Å². The van der Waals surface area contributed by atoms with Crippen molar-refractivity contribution in [1.82, 2.24) is 4.57 Å². The Hall–Kier alpha value is -1.58. The predicted octanol–water partition coefficient (Wildman–Crippen LogP) is 1.13. The van der Waals surface area contributed by atoms with Crippen molar-refractivity contribution in [3.05, 3.63) is 34.2 Å². The molecule has 74 valence electrons. The Morgan fingerprint density at radius 3 is 2.71 bits per heavy atom. The fraction of sp³-hybridized carbons (Fsp3) is 0.400. The molecule has 2 unspecified atom stereocenters. The second kappa shape index (κ2) is 2.97. The number of pyridine rings is 1. The van der Waals surface area contributed by atoms with Gasteiger partial charge in [-0.3, -0.25) is 4.79 Å². The van der Waals surface area contributed by atoms with Crippen LogP contribution in [0.1, 0.15) is 29.7 Å². The van der Waals surface area contributed by atoms with Gasteiger partial charge in [-0.2, -0.15) is 0 Å². The third kappa shape index (κ3) is 1.43. The zero-order valence-corrected chi connectivity index (χ0v) is 7.80. The van der Waals surface area contributed by atoms with Crippen molar-refractivity contribution in [1.29, 1.82) is 0 Å². The molecular weight excluding hydrogens is 182 g/mol. The summed E-state index contributed by atoms with van der Waals surface area (Å²) < 4.78 is 1.52. The van der Waals surface area contributed by atoms with Crippen LogP contribution in [0.4, 0.5) is 0 Å². The van der Waals surface area contributed by atoms with Gasteiger partial charge in [-0.05, 0) is 18.4 Å². The van der Waals surface area contributed by atoms with E-state index in [0.717, 1.165) is 6.42 Å². The Bertz CT molecular complexity index is 435. The fourth-order valence-electron chi connectivity index (χ4n) is 1.58. The van der Waals surface area contributed by atoms with Gasteiger partial charge in [0.05, 0.1) is 5.56 Å². The molecule has 2 atom stereocenters. The number of aromatic carboxylic acids is 1. The van der Waals surface area contributed by atoms with Crippen LogP contribution in [0.5, 0.6) is 0 Å². The highest BCUT2D eigenvalue weighted by atomic mass is 16.4. The van der Waals surface area contributed by atoms with E-state index < -0.39 is 5.97 Å². The summed E-state index contributed by atoms with van der Waals surface area (Å²) in [7, 11) is 0. The predicted molar refractivity (Wildman–Crippen MR) is 50.5 cm³/mol. The molecule has 14 heavy (non-hydrogen) atoms. The second-order valence-electron chi connectivity index (χ2n) is 3.75. The molecule has 0 aromatic carbocycles. The minimum Gasteiger partial charge on any atom is -0.478 e. The molecule has 1 heterocycles. The molecule has 1 N–H and O–H groups in total. The van der Waals surface area contributed by atoms with Gasteiger partial charge in [0.2, 0.25) is 0 Å². The van der Waals surface area contributed by atoms with Crippen molar-refractivity contribution in [2.24, 2.45) is 5.92 Å². The molecule has 1 aromatic rings. The Labute approximate surface area is 80.8 Å². The summed E-state index contributed by atoms with van der Waals surface area (Å²) in [6, 6.07) is 2.85. The second-order valence-corrected chi connectivity index (χ2v) is 3.75. The summed E-state index contributed by atoms with van der Waals surface area (Å²) in [5.41, 5.74) is 0.0491. The Morgan fingerprint density at radius 2 is 2.21 bits per heavy atom. The molecule has 0 bridgehead atoms. The Kier molecular flexibility index (Phi) is 1.91. The summed E-state index contributed by atoms with van der Waals surface area (Å²) in [6.07, 6.45) is 2.39. The van der Waals surface area contributed by atoms with E-state index in [1.807, 2.05) is 6.92 Å². The lowest BCUT2D eigenvalue weighted by Gasteiger charge is -2.04. The third-order valence-electron chi connectivity index (χ3n) is 2.61. The van der Waals surface area contributed by atoms with E-state index in [1.54, 1.807) is 0 Å². The highest BCUT2D eigenvalue weighted by Gasteiger charge is 2.34. The van der Waals surface area contributed by atoms with E-state index in [2.05, 4.69) is 0 Å². The molecule has 2 rings (SSSR count). The van der Waals surface area contributed by atoms with E-state index >= 15 is 0 Å². The van der Waals surface area contributed by atoms with E-state index in [9.17, 15) is 9.59 Å². The maximum absolute atomic E-state index is 11.4. The summed E-state index contributed by atoms with van der Waals surface area (Å²) in [6.45, 7) is 2.05.